The molecule has 1 heterocycles. The lowest BCUT2D eigenvalue weighted by Gasteiger charge is -2.42. The van der Waals surface area contributed by atoms with Crippen LogP contribution in [0.15, 0.2) is 35.6 Å². The van der Waals surface area contributed by atoms with Gasteiger partial charge in [0, 0.05) is 24.3 Å². The number of carbonyl (C=O) groups is 2. The average molecular weight is 387 g/mol. The normalized spacial score (nSPS) is 26.3. The Bertz CT molecular complexity index is 781. The van der Waals surface area contributed by atoms with Crippen LogP contribution in [0, 0.1) is 11.3 Å². The van der Waals surface area contributed by atoms with E-state index in [-0.39, 0.29) is 17.8 Å². The number of Topliss-reactive ketones (excluding diaryl/α,β-unsaturated/α-hetero) is 1. The quantitative estimate of drug-likeness (QED) is 0.780. The maximum absolute atomic E-state index is 13.1. The molecule has 0 amide bonds. The highest BCUT2D eigenvalue weighted by atomic mass is 16.5. The molecule has 0 bridgehead atoms. The minimum absolute atomic E-state index is 0.00586. The first-order valence-corrected chi connectivity index (χ1v) is 9.85. The van der Waals surface area contributed by atoms with E-state index in [1.807, 2.05) is 45.0 Å². The van der Waals surface area contributed by atoms with Crippen molar-refractivity contribution < 1.29 is 23.8 Å². The maximum Gasteiger partial charge on any atom is 0.315 e. The summed E-state index contributed by atoms with van der Waals surface area (Å²) in [4.78, 5) is 25.8. The molecule has 2 N–H and O–H groups in total. The van der Waals surface area contributed by atoms with Crippen LogP contribution in [0.5, 0.6) is 5.75 Å². The largest absolute Gasteiger partial charge is 0.494 e. The molecule has 1 aromatic rings. The fraction of sp³-hybridized carbons (Fsp3) is 0.545. The molecule has 0 radical (unpaired) electrons. The van der Waals surface area contributed by atoms with Gasteiger partial charge in [0.25, 0.3) is 0 Å². The van der Waals surface area contributed by atoms with Crippen LogP contribution in [0.1, 0.15) is 52.0 Å². The molecule has 1 aromatic carbocycles. The molecule has 3 atom stereocenters. The molecule has 3 rings (SSSR count). The van der Waals surface area contributed by atoms with E-state index in [9.17, 15) is 9.59 Å². The second-order valence-corrected chi connectivity index (χ2v) is 8.12. The molecule has 0 fully saturated rings. The van der Waals surface area contributed by atoms with Crippen molar-refractivity contribution >= 4 is 11.8 Å². The molecule has 1 aliphatic heterocycles. The maximum atomic E-state index is 13.1. The van der Waals surface area contributed by atoms with Crippen LogP contribution in [0.4, 0.5) is 0 Å². The molecular weight excluding hydrogens is 358 g/mol. The number of ether oxygens (including phenoxy) is 3. The van der Waals surface area contributed by atoms with E-state index in [1.54, 1.807) is 6.92 Å². The Morgan fingerprint density at radius 2 is 1.86 bits per heavy atom. The van der Waals surface area contributed by atoms with E-state index < -0.39 is 24.0 Å². The van der Waals surface area contributed by atoms with E-state index in [0.717, 1.165) is 11.3 Å². The number of ketones is 1. The van der Waals surface area contributed by atoms with Gasteiger partial charge in [0.15, 0.2) is 12.0 Å². The fourth-order valence-corrected chi connectivity index (χ4v) is 4.16. The molecule has 0 unspecified atom stereocenters. The number of rotatable bonds is 5. The fourth-order valence-electron chi connectivity index (χ4n) is 4.16. The molecule has 0 spiro atoms. The zero-order chi connectivity index (χ0) is 20.5. The van der Waals surface area contributed by atoms with Gasteiger partial charge in [-0.25, -0.2) is 0 Å². The third-order valence-corrected chi connectivity index (χ3v) is 5.29. The van der Waals surface area contributed by atoms with Crippen molar-refractivity contribution in [3.05, 3.63) is 41.2 Å². The third-order valence-electron chi connectivity index (χ3n) is 5.29. The molecule has 0 saturated carbocycles. The summed E-state index contributed by atoms with van der Waals surface area (Å²) in [5, 5.41) is 0. The number of nitrogens with two attached hydrogens (primary N) is 1. The van der Waals surface area contributed by atoms with Crippen LogP contribution in [0.3, 0.4) is 0 Å². The molecule has 2 aliphatic rings. The third kappa shape index (κ3) is 3.92. The zero-order valence-electron chi connectivity index (χ0n) is 17.0. The Morgan fingerprint density at radius 3 is 2.46 bits per heavy atom. The Kier molecular flexibility index (Phi) is 5.79. The summed E-state index contributed by atoms with van der Waals surface area (Å²) in [6.07, 6.45) is 0.161. The number of esters is 1. The van der Waals surface area contributed by atoms with Gasteiger partial charge in [-0.15, -0.1) is 0 Å². The standard InChI is InChI=1S/C22H29NO5/c1-5-26-14-9-7-13(8-10-14)17-18-15(24)11-22(3,4)12-16(18)28-20(23)19(17)21(25)27-6-2/h7-10,17,19-20H,5-6,11-12,23H2,1-4H3/t17-,19+,20+/m0/s1. The lowest BCUT2D eigenvalue weighted by Crippen LogP contribution is -2.48. The first-order chi connectivity index (χ1) is 13.3. The summed E-state index contributed by atoms with van der Waals surface area (Å²) in [6, 6.07) is 7.47. The summed E-state index contributed by atoms with van der Waals surface area (Å²) >= 11 is 0. The average Bonchev–Trinajstić information content (AvgIpc) is 2.60. The number of hydrogen-bond acceptors (Lipinski definition) is 6. The van der Waals surface area contributed by atoms with Crippen LogP contribution < -0.4 is 10.5 Å². The van der Waals surface area contributed by atoms with Crippen molar-refractivity contribution in [2.45, 2.75) is 52.7 Å². The van der Waals surface area contributed by atoms with Crippen LogP contribution in [0.2, 0.25) is 0 Å². The molecular formula is C22H29NO5. The Hall–Kier alpha value is -2.34. The predicted molar refractivity (Wildman–Crippen MR) is 105 cm³/mol. The second-order valence-electron chi connectivity index (χ2n) is 8.12. The second kappa shape index (κ2) is 7.95. The van der Waals surface area contributed by atoms with Crippen molar-refractivity contribution in [3.63, 3.8) is 0 Å². The van der Waals surface area contributed by atoms with Crippen LogP contribution in [-0.2, 0) is 19.1 Å². The number of hydrogen-bond donors (Lipinski definition) is 1. The predicted octanol–water partition coefficient (Wildman–Crippen LogP) is 3.31. The van der Waals surface area contributed by atoms with Gasteiger partial charge in [-0.05, 0) is 37.0 Å². The highest BCUT2D eigenvalue weighted by Crippen LogP contribution is 2.49. The smallest absolute Gasteiger partial charge is 0.315 e. The number of carbonyl (C=O) groups excluding carboxylic acids is 2. The van der Waals surface area contributed by atoms with Crippen molar-refractivity contribution in [3.8, 4) is 5.75 Å². The van der Waals surface area contributed by atoms with E-state index in [2.05, 4.69) is 0 Å². The van der Waals surface area contributed by atoms with Gasteiger partial charge in [-0.3, -0.25) is 15.3 Å². The molecule has 1 aliphatic carbocycles. The number of benzene rings is 1. The highest BCUT2D eigenvalue weighted by molar-refractivity contribution is 6.00. The molecule has 0 saturated heterocycles. The van der Waals surface area contributed by atoms with Crippen molar-refractivity contribution in [2.24, 2.45) is 17.1 Å². The summed E-state index contributed by atoms with van der Waals surface area (Å²) in [5.41, 5.74) is 7.46. The van der Waals surface area contributed by atoms with Crippen molar-refractivity contribution in [1.82, 2.24) is 0 Å². The summed E-state index contributed by atoms with van der Waals surface area (Å²) < 4.78 is 16.7. The van der Waals surface area contributed by atoms with Gasteiger partial charge in [0.2, 0.25) is 0 Å². The highest BCUT2D eigenvalue weighted by Gasteiger charge is 2.49. The van der Waals surface area contributed by atoms with Crippen molar-refractivity contribution in [1.29, 1.82) is 0 Å². The van der Waals surface area contributed by atoms with Gasteiger partial charge < -0.3 is 14.2 Å². The van der Waals surface area contributed by atoms with Crippen molar-refractivity contribution in [2.75, 3.05) is 13.2 Å². The van der Waals surface area contributed by atoms with E-state index >= 15 is 0 Å². The minimum atomic E-state index is -0.865. The Balaban J connectivity index is 2.09. The molecule has 6 nitrogen and oxygen atoms in total. The molecule has 28 heavy (non-hydrogen) atoms. The molecule has 152 valence electrons. The molecule has 6 heteroatoms. The van der Waals surface area contributed by atoms with Gasteiger partial charge in [0.1, 0.15) is 17.4 Å². The lowest BCUT2D eigenvalue weighted by molar-refractivity contribution is -0.155. The van der Waals surface area contributed by atoms with Crippen LogP contribution in [0.25, 0.3) is 0 Å². The summed E-state index contributed by atoms with van der Waals surface area (Å²) in [5.74, 6) is -0.364. The summed E-state index contributed by atoms with van der Waals surface area (Å²) in [6.45, 7) is 8.54. The monoisotopic (exact) mass is 387 g/mol. The molecule has 0 aromatic heterocycles. The zero-order valence-corrected chi connectivity index (χ0v) is 17.0. The van der Waals surface area contributed by atoms with E-state index in [1.165, 1.54) is 0 Å². The first-order valence-electron chi connectivity index (χ1n) is 9.85. The van der Waals surface area contributed by atoms with Crippen LogP contribution >= 0.6 is 0 Å². The van der Waals surface area contributed by atoms with Gasteiger partial charge in [0.05, 0.1) is 13.2 Å². The summed E-state index contributed by atoms with van der Waals surface area (Å²) in [7, 11) is 0. The lowest BCUT2D eigenvalue weighted by atomic mass is 9.68. The number of allylic oxidation sites excluding steroid dienone is 2. The topological polar surface area (TPSA) is 87.9 Å². The first kappa shape index (κ1) is 20.4. The Labute approximate surface area is 166 Å². The SMILES string of the molecule is CCOC(=O)[C@H]1[C@H](N)OC2=C(C(=O)CC(C)(C)C2)[C@@H]1c1ccc(OCC)cc1. The van der Waals surface area contributed by atoms with Gasteiger partial charge in [-0.1, -0.05) is 26.0 Å². The van der Waals surface area contributed by atoms with Gasteiger partial charge in [-0.2, -0.15) is 0 Å². The van der Waals surface area contributed by atoms with E-state index in [4.69, 9.17) is 19.9 Å². The van der Waals surface area contributed by atoms with Gasteiger partial charge >= 0.3 is 5.97 Å². The Morgan fingerprint density at radius 1 is 1.18 bits per heavy atom. The van der Waals surface area contributed by atoms with Crippen LogP contribution in [-0.4, -0.2) is 31.2 Å². The minimum Gasteiger partial charge on any atom is -0.494 e. The van der Waals surface area contributed by atoms with E-state index in [0.29, 0.717) is 30.8 Å².